The minimum absolute atomic E-state index is 0.148. The molecule has 0 spiro atoms. The number of benzene rings is 2. The summed E-state index contributed by atoms with van der Waals surface area (Å²) in [6.45, 7) is 3.48. The molecular weight excluding hydrogens is 367 g/mol. The number of halogens is 1. The van der Waals surface area contributed by atoms with Gasteiger partial charge in [-0.1, -0.05) is 24.3 Å². The first-order chi connectivity index (χ1) is 14.2. The third kappa shape index (κ3) is 4.93. The van der Waals surface area contributed by atoms with Gasteiger partial charge in [-0.05, 0) is 67.3 Å². The SMILES string of the molecule is O=C(NCC1CCCN(Cc2ccccc2-c2ccco2)C1)c1ccc(F)cc1. The summed E-state index contributed by atoms with van der Waals surface area (Å²) >= 11 is 0. The molecule has 1 aliphatic heterocycles. The second-order valence-corrected chi connectivity index (χ2v) is 7.59. The van der Waals surface area contributed by atoms with Crippen molar-refractivity contribution in [3.8, 4) is 11.3 Å². The zero-order valence-corrected chi connectivity index (χ0v) is 16.3. The third-order valence-corrected chi connectivity index (χ3v) is 5.46. The summed E-state index contributed by atoms with van der Waals surface area (Å²) in [6.07, 6.45) is 3.91. The maximum absolute atomic E-state index is 13.0. The lowest BCUT2D eigenvalue weighted by Crippen LogP contribution is -2.40. The predicted octanol–water partition coefficient (Wildman–Crippen LogP) is 4.73. The molecule has 1 amide bonds. The topological polar surface area (TPSA) is 45.5 Å². The number of carbonyl (C=O) groups is 1. The lowest BCUT2D eigenvalue weighted by molar-refractivity contribution is 0.0930. The van der Waals surface area contributed by atoms with Gasteiger partial charge in [0.1, 0.15) is 11.6 Å². The lowest BCUT2D eigenvalue weighted by Gasteiger charge is -2.33. The number of nitrogens with zero attached hydrogens (tertiary/aromatic N) is 1. The highest BCUT2D eigenvalue weighted by Gasteiger charge is 2.22. The molecule has 2 heterocycles. The molecular formula is C24H25FN2O2. The molecule has 1 aromatic heterocycles. The maximum Gasteiger partial charge on any atom is 0.251 e. The maximum atomic E-state index is 13.0. The highest BCUT2D eigenvalue weighted by Crippen LogP contribution is 2.26. The number of amides is 1. The van der Waals surface area contributed by atoms with Gasteiger partial charge in [0.15, 0.2) is 0 Å². The first-order valence-corrected chi connectivity index (χ1v) is 10.1. The minimum atomic E-state index is -0.334. The van der Waals surface area contributed by atoms with Gasteiger partial charge in [0, 0.05) is 30.8 Å². The van der Waals surface area contributed by atoms with Gasteiger partial charge in [-0.3, -0.25) is 9.69 Å². The van der Waals surface area contributed by atoms with E-state index in [4.69, 9.17) is 4.42 Å². The fourth-order valence-corrected chi connectivity index (χ4v) is 3.97. The molecule has 150 valence electrons. The molecule has 0 aliphatic carbocycles. The van der Waals surface area contributed by atoms with E-state index in [0.29, 0.717) is 18.0 Å². The number of piperidine rings is 1. The van der Waals surface area contributed by atoms with E-state index in [1.165, 1.54) is 29.8 Å². The summed E-state index contributed by atoms with van der Waals surface area (Å²) in [5.74, 6) is 0.814. The molecule has 1 atom stereocenters. The van der Waals surface area contributed by atoms with Crippen molar-refractivity contribution >= 4 is 5.91 Å². The van der Waals surface area contributed by atoms with Gasteiger partial charge >= 0.3 is 0 Å². The Hall–Kier alpha value is -2.92. The third-order valence-electron chi connectivity index (χ3n) is 5.46. The number of rotatable bonds is 6. The Bertz CT molecular complexity index is 938. The number of furan rings is 1. The average molecular weight is 392 g/mol. The second-order valence-electron chi connectivity index (χ2n) is 7.59. The van der Waals surface area contributed by atoms with Crippen LogP contribution in [-0.2, 0) is 6.54 Å². The zero-order valence-electron chi connectivity index (χ0n) is 16.3. The standard InChI is InChI=1S/C24H25FN2O2/c25-21-11-9-19(10-12-21)24(28)26-15-18-5-3-13-27(16-18)17-20-6-1-2-7-22(20)23-8-4-14-29-23/h1-2,4,6-12,14,18H,3,5,13,15-17H2,(H,26,28). The van der Waals surface area contributed by atoms with Crippen LogP contribution in [-0.4, -0.2) is 30.4 Å². The van der Waals surface area contributed by atoms with Gasteiger partial charge in [0.05, 0.1) is 6.26 Å². The van der Waals surface area contributed by atoms with E-state index in [1.54, 1.807) is 6.26 Å². The summed E-state index contributed by atoms with van der Waals surface area (Å²) in [4.78, 5) is 14.7. The van der Waals surface area contributed by atoms with Gasteiger partial charge in [-0.25, -0.2) is 4.39 Å². The fraction of sp³-hybridized carbons (Fsp3) is 0.292. The largest absolute Gasteiger partial charge is 0.464 e. The molecule has 3 aromatic rings. The Morgan fingerprint density at radius 2 is 1.93 bits per heavy atom. The molecule has 29 heavy (non-hydrogen) atoms. The van der Waals surface area contributed by atoms with Crippen molar-refractivity contribution in [1.29, 1.82) is 0 Å². The molecule has 5 heteroatoms. The van der Waals surface area contributed by atoms with Crippen LogP contribution in [0.3, 0.4) is 0 Å². The normalized spacial score (nSPS) is 17.2. The Balaban J connectivity index is 1.34. The van der Waals surface area contributed by atoms with Crippen LogP contribution in [0, 0.1) is 11.7 Å². The van der Waals surface area contributed by atoms with Crippen molar-refractivity contribution in [2.24, 2.45) is 5.92 Å². The van der Waals surface area contributed by atoms with Crippen LogP contribution in [0.4, 0.5) is 4.39 Å². The summed E-state index contributed by atoms with van der Waals surface area (Å²) in [6, 6.07) is 17.9. The molecule has 4 rings (SSSR count). The quantitative estimate of drug-likeness (QED) is 0.660. The van der Waals surface area contributed by atoms with E-state index < -0.39 is 0 Å². The highest BCUT2D eigenvalue weighted by atomic mass is 19.1. The molecule has 0 saturated carbocycles. The lowest BCUT2D eigenvalue weighted by atomic mass is 9.96. The van der Waals surface area contributed by atoms with Crippen molar-refractivity contribution in [2.75, 3.05) is 19.6 Å². The number of likely N-dealkylation sites (tertiary alicyclic amines) is 1. The van der Waals surface area contributed by atoms with E-state index in [0.717, 1.165) is 43.8 Å². The van der Waals surface area contributed by atoms with E-state index in [-0.39, 0.29) is 11.7 Å². The molecule has 4 nitrogen and oxygen atoms in total. The second kappa shape index (κ2) is 9.05. The van der Waals surface area contributed by atoms with Crippen LogP contribution in [0.25, 0.3) is 11.3 Å². The molecule has 2 aromatic carbocycles. The predicted molar refractivity (Wildman–Crippen MR) is 111 cm³/mol. The van der Waals surface area contributed by atoms with Crippen LogP contribution in [0.5, 0.6) is 0 Å². The summed E-state index contributed by atoms with van der Waals surface area (Å²) in [5.41, 5.74) is 2.87. The monoisotopic (exact) mass is 392 g/mol. The molecule has 1 N–H and O–H groups in total. The number of hydrogen-bond acceptors (Lipinski definition) is 3. The van der Waals surface area contributed by atoms with E-state index >= 15 is 0 Å². The van der Waals surface area contributed by atoms with E-state index in [2.05, 4.69) is 28.4 Å². The van der Waals surface area contributed by atoms with Crippen molar-refractivity contribution in [2.45, 2.75) is 19.4 Å². The van der Waals surface area contributed by atoms with Gasteiger partial charge < -0.3 is 9.73 Å². The van der Waals surface area contributed by atoms with Crippen molar-refractivity contribution in [3.63, 3.8) is 0 Å². The van der Waals surface area contributed by atoms with Gasteiger partial charge in [0.2, 0.25) is 0 Å². The Morgan fingerprint density at radius 1 is 1.10 bits per heavy atom. The summed E-state index contributed by atoms with van der Waals surface area (Å²) in [5, 5.41) is 3.00. The Morgan fingerprint density at radius 3 is 2.72 bits per heavy atom. The Kier molecular flexibility index (Phi) is 6.06. The molecule has 0 bridgehead atoms. The van der Waals surface area contributed by atoms with Gasteiger partial charge in [0.25, 0.3) is 5.91 Å². The zero-order chi connectivity index (χ0) is 20.1. The van der Waals surface area contributed by atoms with Crippen molar-refractivity contribution in [3.05, 3.63) is 83.9 Å². The first kappa shape index (κ1) is 19.4. The molecule has 1 unspecified atom stereocenters. The van der Waals surface area contributed by atoms with Crippen LogP contribution >= 0.6 is 0 Å². The van der Waals surface area contributed by atoms with Crippen LogP contribution in [0.2, 0.25) is 0 Å². The number of nitrogens with one attached hydrogen (secondary N) is 1. The molecule has 1 saturated heterocycles. The fourth-order valence-electron chi connectivity index (χ4n) is 3.97. The molecule has 0 radical (unpaired) electrons. The molecule has 1 fully saturated rings. The summed E-state index contributed by atoms with van der Waals surface area (Å²) < 4.78 is 18.6. The number of hydrogen-bond donors (Lipinski definition) is 1. The first-order valence-electron chi connectivity index (χ1n) is 10.1. The summed E-state index contributed by atoms with van der Waals surface area (Å²) in [7, 11) is 0. The van der Waals surface area contributed by atoms with Crippen LogP contribution < -0.4 is 5.32 Å². The Labute approximate surface area is 170 Å². The molecule has 1 aliphatic rings. The van der Waals surface area contributed by atoms with E-state index in [1.807, 2.05) is 18.2 Å². The van der Waals surface area contributed by atoms with Crippen molar-refractivity contribution in [1.82, 2.24) is 10.2 Å². The van der Waals surface area contributed by atoms with E-state index in [9.17, 15) is 9.18 Å². The minimum Gasteiger partial charge on any atom is -0.464 e. The van der Waals surface area contributed by atoms with Crippen molar-refractivity contribution < 1.29 is 13.6 Å². The highest BCUT2D eigenvalue weighted by molar-refractivity contribution is 5.94. The van der Waals surface area contributed by atoms with Gasteiger partial charge in [-0.2, -0.15) is 0 Å². The average Bonchev–Trinajstić information content (AvgIpc) is 3.28. The van der Waals surface area contributed by atoms with Crippen LogP contribution in [0.15, 0.2) is 71.3 Å². The van der Waals surface area contributed by atoms with Crippen LogP contribution in [0.1, 0.15) is 28.8 Å². The number of carbonyl (C=O) groups excluding carboxylic acids is 1. The van der Waals surface area contributed by atoms with Gasteiger partial charge in [-0.15, -0.1) is 0 Å². The smallest absolute Gasteiger partial charge is 0.251 e.